The molecule has 134 valence electrons. The topological polar surface area (TPSA) is 85.3 Å². The Morgan fingerprint density at radius 1 is 1.35 bits per heavy atom. The Hall–Kier alpha value is -2.96. The lowest BCUT2D eigenvalue weighted by Crippen LogP contribution is -2.39. The molecule has 3 aromatic heterocycles. The zero-order valence-electron chi connectivity index (χ0n) is 14.8. The fourth-order valence-electron chi connectivity index (χ4n) is 3.42. The average Bonchev–Trinajstić information content (AvgIpc) is 3.33. The van der Waals surface area contributed by atoms with Gasteiger partial charge in [-0.25, -0.2) is 9.97 Å². The fraction of sp³-hybridized carbons (Fsp3) is 0.368. The van der Waals surface area contributed by atoms with E-state index in [-0.39, 0.29) is 11.8 Å². The molecule has 0 N–H and O–H groups in total. The number of carbonyl (C=O) groups excluding carboxylic acids is 1. The van der Waals surface area contributed by atoms with E-state index in [1.54, 1.807) is 18.3 Å². The molecule has 4 rings (SSSR count). The predicted octanol–water partition coefficient (Wildman–Crippen LogP) is 3.36. The molecule has 4 heterocycles. The highest BCUT2D eigenvalue weighted by atomic mass is 16.5. The first-order valence-electron chi connectivity index (χ1n) is 8.72. The molecule has 1 amide bonds. The number of rotatable bonds is 3. The van der Waals surface area contributed by atoms with Gasteiger partial charge >= 0.3 is 0 Å². The van der Waals surface area contributed by atoms with Gasteiger partial charge in [0.2, 0.25) is 0 Å². The van der Waals surface area contributed by atoms with Crippen LogP contribution in [0.4, 0.5) is 0 Å². The average molecular weight is 352 g/mol. The SMILES string of the molecule is Cc1cc(-c2cnc(C)nc2[C@@H]2CCCN(C(=O)c3ccco3)C2)on1. The second-order valence-corrected chi connectivity index (χ2v) is 6.62. The van der Waals surface area contributed by atoms with E-state index in [1.807, 2.05) is 24.8 Å². The van der Waals surface area contributed by atoms with Crippen LogP contribution < -0.4 is 0 Å². The normalized spacial score (nSPS) is 17.5. The van der Waals surface area contributed by atoms with E-state index < -0.39 is 0 Å². The minimum absolute atomic E-state index is 0.0810. The lowest BCUT2D eigenvalue weighted by Gasteiger charge is -2.32. The largest absolute Gasteiger partial charge is 0.459 e. The highest BCUT2D eigenvalue weighted by Crippen LogP contribution is 2.33. The molecule has 1 saturated heterocycles. The van der Waals surface area contributed by atoms with Crippen LogP contribution in [0.5, 0.6) is 0 Å². The fourth-order valence-corrected chi connectivity index (χ4v) is 3.42. The number of carbonyl (C=O) groups is 1. The standard InChI is InChI=1S/C19H20N4O3/c1-12-9-17(26-22-12)15-10-20-13(2)21-18(15)14-5-3-7-23(11-14)19(24)16-6-4-8-25-16/h4,6,8-10,14H,3,5,7,11H2,1-2H3/t14-/m1/s1. The molecule has 0 radical (unpaired) electrons. The van der Waals surface area contributed by atoms with Crippen LogP contribution in [-0.4, -0.2) is 39.0 Å². The van der Waals surface area contributed by atoms with Crippen LogP contribution in [0.1, 0.15) is 46.5 Å². The van der Waals surface area contributed by atoms with Gasteiger partial charge in [0, 0.05) is 31.3 Å². The quantitative estimate of drug-likeness (QED) is 0.718. The molecule has 0 saturated carbocycles. The van der Waals surface area contributed by atoms with E-state index in [9.17, 15) is 4.79 Å². The van der Waals surface area contributed by atoms with Gasteiger partial charge in [-0.05, 0) is 38.8 Å². The zero-order chi connectivity index (χ0) is 18.1. The first kappa shape index (κ1) is 16.5. The predicted molar refractivity (Wildman–Crippen MR) is 93.6 cm³/mol. The van der Waals surface area contributed by atoms with Crippen molar-refractivity contribution in [2.45, 2.75) is 32.6 Å². The summed E-state index contributed by atoms with van der Waals surface area (Å²) in [5, 5.41) is 3.97. The van der Waals surface area contributed by atoms with E-state index in [2.05, 4.69) is 15.1 Å². The summed E-state index contributed by atoms with van der Waals surface area (Å²) in [6.45, 7) is 5.06. The van der Waals surface area contributed by atoms with Crippen molar-refractivity contribution in [3.8, 4) is 11.3 Å². The molecule has 0 aromatic carbocycles. The van der Waals surface area contributed by atoms with Gasteiger partial charge < -0.3 is 13.8 Å². The van der Waals surface area contributed by atoms with Crippen molar-refractivity contribution < 1.29 is 13.7 Å². The molecule has 0 unspecified atom stereocenters. The van der Waals surface area contributed by atoms with Crippen molar-refractivity contribution in [3.05, 3.63) is 53.6 Å². The highest BCUT2D eigenvalue weighted by molar-refractivity contribution is 5.91. The molecule has 0 bridgehead atoms. The number of amides is 1. The van der Waals surface area contributed by atoms with Crippen molar-refractivity contribution in [2.75, 3.05) is 13.1 Å². The van der Waals surface area contributed by atoms with Gasteiger partial charge in [0.1, 0.15) is 5.82 Å². The van der Waals surface area contributed by atoms with Gasteiger partial charge in [-0.15, -0.1) is 0 Å². The number of nitrogens with zero attached hydrogens (tertiary/aromatic N) is 4. The highest BCUT2D eigenvalue weighted by Gasteiger charge is 2.30. The van der Waals surface area contributed by atoms with Gasteiger partial charge in [0.25, 0.3) is 5.91 Å². The Bertz CT molecular complexity index is 917. The van der Waals surface area contributed by atoms with E-state index in [1.165, 1.54) is 6.26 Å². The van der Waals surface area contributed by atoms with Crippen LogP contribution >= 0.6 is 0 Å². The van der Waals surface area contributed by atoms with Gasteiger partial charge in [-0.1, -0.05) is 5.16 Å². The third-order valence-corrected chi connectivity index (χ3v) is 4.66. The number of furan rings is 1. The van der Waals surface area contributed by atoms with E-state index >= 15 is 0 Å². The molecule has 1 aliphatic rings. The summed E-state index contributed by atoms with van der Waals surface area (Å²) in [6.07, 6.45) is 5.17. The summed E-state index contributed by atoms with van der Waals surface area (Å²) in [5.41, 5.74) is 2.56. The van der Waals surface area contributed by atoms with Crippen LogP contribution in [0.3, 0.4) is 0 Å². The van der Waals surface area contributed by atoms with E-state index in [4.69, 9.17) is 8.94 Å². The summed E-state index contributed by atoms with van der Waals surface area (Å²) >= 11 is 0. The summed E-state index contributed by atoms with van der Waals surface area (Å²) in [5.74, 6) is 1.77. The van der Waals surface area contributed by atoms with E-state index in [0.717, 1.165) is 36.3 Å². The lowest BCUT2D eigenvalue weighted by atomic mass is 9.91. The van der Waals surface area contributed by atoms with Crippen molar-refractivity contribution in [1.82, 2.24) is 20.0 Å². The molecule has 1 atom stereocenters. The van der Waals surface area contributed by atoms with Crippen molar-refractivity contribution in [2.24, 2.45) is 0 Å². The third kappa shape index (κ3) is 3.12. The van der Waals surface area contributed by atoms with Crippen LogP contribution in [0.2, 0.25) is 0 Å². The summed E-state index contributed by atoms with van der Waals surface area (Å²) < 4.78 is 10.7. The third-order valence-electron chi connectivity index (χ3n) is 4.66. The minimum atomic E-state index is -0.0810. The Morgan fingerprint density at radius 2 is 2.23 bits per heavy atom. The minimum Gasteiger partial charge on any atom is -0.459 e. The lowest BCUT2D eigenvalue weighted by molar-refractivity contribution is 0.0673. The maximum absolute atomic E-state index is 12.6. The second kappa shape index (κ2) is 6.74. The molecule has 0 spiro atoms. The second-order valence-electron chi connectivity index (χ2n) is 6.62. The number of aryl methyl sites for hydroxylation is 2. The maximum atomic E-state index is 12.6. The van der Waals surface area contributed by atoms with Gasteiger partial charge in [-0.2, -0.15) is 0 Å². The Kier molecular flexibility index (Phi) is 4.28. The Balaban J connectivity index is 1.64. The van der Waals surface area contributed by atoms with Gasteiger partial charge in [0.05, 0.1) is 23.2 Å². The molecular formula is C19H20N4O3. The molecule has 7 nitrogen and oxygen atoms in total. The Morgan fingerprint density at radius 3 is 2.96 bits per heavy atom. The van der Waals surface area contributed by atoms with Gasteiger partial charge in [-0.3, -0.25) is 4.79 Å². The number of piperidine rings is 1. The number of hydrogen-bond acceptors (Lipinski definition) is 6. The molecule has 1 fully saturated rings. The van der Waals surface area contributed by atoms with Crippen LogP contribution in [0, 0.1) is 13.8 Å². The smallest absolute Gasteiger partial charge is 0.289 e. The number of hydrogen-bond donors (Lipinski definition) is 0. The van der Waals surface area contributed by atoms with Crippen molar-refractivity contribution >= 4 is 5.91 Å². The summed E-state index contributed by atoms with van der Waals surface area (Å²) in [7, 11) is 0. The molecule has 3 aromatic rings. The molecule has 1 aliphatic heterocycles. The van der Waals surface area contributed by atoms with Crippen molar-refractivity contribution in [3.63, 3.8) is 0 Å². The summed E-state index contributed by atoms with van der Waals surface area (Å²) in [6, 6.07) is 5.31. The van der Waals surface area contributed by atoms with E-state index in [0.29, 0.717) is 23.9 Å². The number of aromatic nitrogens is 3. The molecular weight excluding hydrogens is 332 g/mol. The van der Waals surface area contributed by atoms with Crippen LogP contribution in [0.15, 0.2) is 39.6 Å². The molecule has 0 aliphatic carbocycles. The molecule has 7 heteroatoms. The zero-order valence-corrected chi connectivity index (χ0v) is 14.8. The van der Waals surface area contributed by atoms with Crippen molar-refractivity contribution in [1.29, 1.82) is 0 Å². The first-order chi connectivity index (χ1) is 12.6. The number of likely N-dealkylation sites (tertiary alicyclic amines) is 1. The first-order valence-corrected chi connectivity index (χ1v) is 8.72. The monoisotopic (exact) mass is 352 g/mol. The van der Waals surface area contributed by atoms with Crippen LogP contribution in [0.25, 0.3) is 11.3 Å². The van der Waals surface area contributed by atoms with Gasteiger partial charge in [0.15, 0.2) is 11.5 Å². The van der Waals surface area contributed by atoms with Crippen LogP contribution in [-0.2, 0) is 0 Å². The Labute approximate surface area is 151 Å². The maximum Gasteiger partial charge on any atom is 0.289 e. The summed E-state index contributed by atoms with van der Waals surface area (Å²) in [4.78, 5) is 23.5. The molecule has 26 heavy (non-hydrogen) atoms.